The third-order valence-electron chi connectivity index (χ3n) is 4.60. The normalized spacial score (nSPS) is 14.2. The van der Waals surface area contributed by atoms with Gasteiger partial charge in [0.15, 0.2) is 0 Å². The van der Waals surface area contributed by atoms with Gasteiger partial charge >= 0.3 is 0 Å². The molecule has 1 N–H and O–H groups in total. The Kier molecular flexibility index (Phi) is 5.84. The number of carbonyl (C=O) groups is 2. The van der Waals surface area contributed by atoms with Gasteiger partial charge in [0.2, 0.25) is 5.91 Å². The van der Waals surface area contributed by atoms with Crippen molar-refractivity contribution in [3.05, 3.63) is 59.8 Å². The van der Waals surface area contributed by atoms with E-state index in [1.165, 1.54) is 5.56 Å². The lowest BCUT2D eigenvalue weighted by atomic mass is 10.1. The van der Waals surface area contributed by atoms with Crippen molar-refractivity contribution >= 4 is 17.6 Å². The van der Waals surface area contributed by atoms with Gasteiger partial charge in [-0.1, -0.05) is 30.3 Å². The van der Waals surface area contributed by atoms with E-state index in [2.05, 4.69) is 27.3 Å². The average Bonchev–Trinajstić information content (AvgIpc) is 2.69. The maximum Gasteiger partial charge on any atom is 0.251 e. The van der Waals surface area contributed by atoms with Crippen LogP contribution in [0.5, 0.6) is 0 Å². The van der Waals surface area contributed by atoms with Gasteiger partial charge < -0.3 is 15.1 Å². The second kappa shape index (κ2) is 8.47. The molecule has 1 aromatic carbocycles. The van der Waals surface area contributed by atoms with E-state index in [0.29, 0.717) is 25.2 Å². The molecule has 26 heavy (non-hydrogen) atoms. The third-order valence-corrected chi connectivity index (χ3v) is 4.60. The molecule has 0 saturated carbocycles. The van der Waals surface area contributed by atoms with Crippen LogP contribution in [0, 0.1) is 0 Å². The average molecular weight is 352 g/mol. The van der Waals surface area contributed by atoms with Crippen molar-refractivity contribution in [2.24, 2.45) is 0 Å². The molecular weight excluding hydrogens is 328 g/mol. The van der Waals surface area contributed by atoms with E-state index in [4.69, 9.17) is 0 Å². The summed E-state index contributed by atoms with van der Waals surface area (Å²) >= 11 is 0. The number of amides is 2. The molecule has 0 atom stereocenters. The highest BCUT2D eigenvalue weighted by molar-refractivity contribution is 5.94. The van der Waals surface area contributed by atoms with Crippen LogP contribution in [0.2, 0.25) is 0 Å². The molecule has 0 unspecified atom stereocenters. The van der Waals surface area contributed by atoms with Crippen LogP contribution in [0.4, 0.5) is 5.82 Å². The molecule has 2 amide bonds. The Labute approximate surface area is 153 Å². The molecule has 0 aliphatic carbocycles. The van der Waals surface area contributed by atoms with Crippen molar-refractivity contribution in [3.63, 3.8) is 0 Å². The third kappa shape index (κ3) is 4.59. The van der Waals surface area contributed by atoms with E-state index >= 15 is 0 Å². The number of nitrogens with zero attached hydrogens (tertiary/aromatic N) is 3. The van der Waals surface area contributed by atoms with Gasteiger partial charge in [0.05, 0.1) is 0 Å². The number of pyridine rings is 1. The van der Waals surface area contributed by atoms with E-state index in [1.54, 1.807) is 19.2 Å². The fraction of sp³-hybridized carbons (Fsp3) is 0.350. The van der Waals surface area contributed by atoms with Crippen LogP contribution in [-0.4, -0.2) is 54.4 Å². The molecule has 136 valence electrons. The van der Waals surface area contributed by atoms with Gasteiger partial charge in [-0.25, -0.2) is 4.98 Å². The van der Waals surface area contributed by atoms with Crippen LogP contribution in [0.25, 0.3) is 0 Å². The SMILES string of the molecule is CC(=O)N1CCN(c2cc(C(=O)NCCc3ccccc3)ccn2)CC1. The molecule has 1 aromatic heterocycles. The second-order valence-electron chi connectivity index (χ2n) is 6.39. The van der Waals surface area contributed by atoms with Crippen LogP contribution in [-0.2, 0) is 11.2 Å². The first kappa shape index (κ1) is 17.9. The number of rotatable bonds is 5. The number of hydrogen-bond donors (Lipinski definition) is 1. The summed E-state index contributed by atoms with van der Waals surface area (Å²) in [6.45, 7) is 5.01. The predicted octanol–water partition coefficient (Wildman–Crippen LogP) is 1.72. The largest absolute Gasteiger partial charge is 0.353 e. The van der Waals surface area contributed by atoms with Crippen LogP contribution in [0.1, 0.15) is 22.8 Å². The van der Waals surface area contributed by atoms with Gasteiger partial charge in [0.25, 0.3) is 5.91 Å². The highest BCUT2D eigenvalue weighted by Crippen LogP contribution is 2.15. The lowest BCUT2D eigenvalue weighted by Gasteiger charge is -2.35. The summed E-state index contributed by atoms with van der Waals surface area (Å²) in [5.41, 5.74) is 1.81. The Balaban J connectivity index is 1.55. The number of piperazine rings is 1. The molecule has 0 spiro atoms. The maximum atomic E-state index is 12.4. The zero-order chi connectivity index (χ0) is 18.4. The zero-order valence-electron chi connectivity index (χ0n) is 15.0. The van der Waals surface area contributed by atoms with Crippen molar-refractivity contribution in [2.45, 2.75) is 13.3 Å². The zero-order valence-corrected chi connectivity index (χ0v) is 15.0. The highest BCUT2D eigenvalue weighted by atomic mass is 16.2. The maximum absolute atomic E-state index is 12.4. The summed E-state index contributed by atoms with van der Waals surface area (Å²) in [6.07, 6.45) is 2.47. The molecule has 6 heteroatoms. The lowest BCUT2D eigenvalue weighted by molar-refractivity contribution is -0.129. The summed E-state index contributed by atoms with van der Waals surface area (Å²) < 4.78 is 0. The molecular formula is C20H24N4O2. The monoisotopic (exact) mass is 352 g/mol. The number of benzene rings is 1. The molecule has 0 radical (unpaired) electrons. The van der Waals surface area contributed by atoms with E-state index in [0.717, 1.165) is 25.3 Å². The van der Waals surface area contributed by atoms with Gasteiger partial charge in [-0.15, -0.1) is 0 Å². The van der Waals surface area contributed by atoms with E-state index in [-0.39, 0.29) is 11.8 Å². The molecule has 1 aliphatic rings. The van der Waals surface area contributed by atoms with Crippen LogP contribution < -0.4 is 10.2 Å². The molecule has 0 bridgehead atoms. The molecule has 1 aliphatic heterocycles. The fourth-order valence-corrected chi connectivity index (χ4v) is 3.05. The van der Waals surface area contributed by atoms with Crippen molar-refractivity contribution < 1.29 is 9.59 Å². The second-order valence-corrected chi connectivity index (χ2v) is 6.39. The Morgan fingerprint density at radius 1 is 1.08 bits per heavy atom. The Bertz CT molecular complexity index is 755. The number of aromatic nitrogens is 1. The summed E-state index contributed by atoms with van der Waals surface area (Å²) in [7, 11) is 0. The first-order valence-electron chi connectivity index (χ1n) is 8.92. The smallest absolute Gasteiger partial charge is 0.251 e. The first-order valence-corrected chi connectivity index (χ1v) is 8.92. The number of hydrogen-bond acceptors (Lipinski definition) is 4. The first-order chi connectivity index (χ1) is 12.6. The van der Waals surface area contributed by atoms with Crippen molar-refractivity contribution in [2.75, 3.05) is 37.6 Å². The Morgan fingerprint density at radius 3 is 2.50 bits per heavy atom. The predicted molar refractivity (Wildman–Crippen MR) is 101 cm³/mol. The van der Waals surface area contributed by atoms with E-state index in [1.807, 2.05) is 29.2 Å². The van der Waals surface area contributed by atoms with Crippen LogP contribution in [0.3, 0.4) is 0 Å². The minimum Gasteiger partial charge on any atom is -0.353 e. The summed E-state index contributed by atoms with van der Waals surface area (Å²) in [4.78, 5) is 32.2. The van der Waals surface area contributed by atoms with Crippen molar-refractivity contribution in [3.8, 4) is 0 Å². The van der Waals surface area contributed by atoms with Crippen LogP contribution >= 0.6 is 0 Å². The topological polar surface area (TPSA) is 65.5 Å². The molecule has 2 aromatic rings. The molecule has 3 rings (SSSR count). The van der Waals surface area contributed by atoms with Crippen molar-refractivity contribution in [1.29, 1.82) is 0 Å². The molecule has 1 fully saturated rings. The lowest BCUT2D eigenvalue weighted by Crippen LogP contribution is -2.48. The summed E-state index contributed by atoms with van der Waals surface area (Å²) in [5, 5.41) is 2.96. The standard InChI is InChI=1S/C20H24N4O2/c1-16(25)23-11-13-24(14-12-23)19-15-18(8-10-21-19)20(26)22-9-7-17-5-3-2-4-6-17/h2-6,8,10,15H,7,9,11-14H2,1H3,(H,22,26). The minimum atomic E-state index is -0.0908. The summed E-state index contributed by atoms with van der Waals surface area (Å²) in [5.74, 6) is 0.792. The Morgan fingerprint density at radius 2 is 1.81 bits per heavy atom. The fourth-order valence-electron chi connectivity index (χ4n) is 3.05. The number of nitrogens with one attached hydrogen (secondary N) is 1. The van der Waals surface area contributed by atoms with Crippen LogP contribution in [0.15, 0.2) is 48.7 Å². The van der Waals surface area contributed by atoms with E-state index < -0.39 is 0 Å². The number of anilines is 1. The molecule has 2 heterocycles. The van der Waals surface area contributed by atoms with Gasteiger partial charge in [0, 0.05) is 51.4 Å². The summed E-state index contributed by atoms with van der Waals surface area (Å²) in [6, 6.07) is 13.6. The molecule has 1 saturated heterocycles. The molecule has 6 nitrogen and oxygen atoms in total. The van der Waals surface area contributed by atoms with E-state index in [9.17, 15) is 9.59 Å². The quantitative estimate of drug-likeness (QED) is 0.890. The van der Waals surface area contributed by atoms with Gasteiger partial charge in [-0.05, 0) is 24.1 Å². The minimum absolute atomic E-state index is 0.0908. The highest BCUT2D eigenvalue weighted by Gasteiger charge is 2.20. The van der Waals surface area contributed by atoms with Gasteiger partial charge in [-0.3, -0.25) is 9.59 Å². The van der Waals surface area contributed by atoms with Gasteiger partial charge in [-0.2, -0.15) is 0 Å². The number of carbonyl (C=O) groups excluding carboxylic acids is 2. The van der Waals surface area contributed by atoms with Gasteiger partial charge in [0.1, 0.15) is 5.82 Å². The Hall–Kier alpha value is -2.89. The van der Waals surface area contributed by atoms with Crippen molar-refractivity contribution in [1.82, 2.24) is 15.2 Å².